The molecule has 1 N–H and O–H groups in total. The number of carbonyl (C=O) groups is 2. The molecule has 188 valence electrons. The molecule has 0 unspecified atom stereocenters. The van der Waals surface area contributed by atoms with E-state index in [1.807, 2.05) is 9.80 Å². The number of aromatic amines is 1. The van der Waals surface area contributed by atoms with E-state index >= 15 is 0 Å². The summed E-state index contributed by atoms with van der Waals surface area (Å²) in [4.78, 5) is 45.4. The zero-order valence-corrected chi connectivity index (χ0v) is 19.2. The minimum absolute atomic E-state index is 0.0453. The molecule has 2 aromatic rings. The third-order valence-electron chi connectivity index (χ3n) is 6.35. The normalized spacial score (nSPS) is 17.1. The molecule has 0 spiro atoms. The second-order valence-electron chi connectivity index (χ2n) is 8.77. The van der Waals surface area contributed by atoms with Crippen LogP contribution in [-0.4, -0.2) is 87.5 Å². The van der Waals surface area contributed by atoms with Crippen molar-refractivity contribution in [3.8, 4) is 11.4 Å². The largest absolute Gasteiger partial charge is 0.416 e. The third-order valence-corrected chi connectivity index (χ3v) is 6.35. The molecule has 0 atom stereocenters. The highest BCUT2D eigenvalue weighted by molar-refractivity contribution is 5.79. The number of nitrogens with one attached hydrogen (secondary N) is 1. The number of aryl methyl sites for hydroxylation is 1. The van der Waals surface area contributed by atoms with Gasteiger partial charge in [-0.15, -0.1) is 10.2 Å². The SMILES string of the molecule is O=C(CCc1nnc(-c2cccc(C(F)(F)F)c2)[nH]c1=O)N1CCN(CC(=O)N2CCCC2)CC1. The summed E-state index contributed by atoms with van der Waals surface area (Å²) in [5.74, 6) is -0.0666. The standard InChI is InChI=1S/C23H27F3N6O3/c24-23(25,26)17-5-3-4-16(14-17)21-27-22(35)18(28-29-21)6-7-19(33)32-12-10-30(11-13-32)15-20(34)31-8-1-2-9-31/h3-5,14H,1-2,6-13,15H2,(H,27,29,35). The highest BCUT2D eigenvalue weighted by Crippen LogP contribution is 2.31. The molecule has 1 aromatic heterocycles. The molecule has 35 heavy (non-hydrogen) atoms. The second kappa shape index (κ2) is 10.5. The maximum atomic E-state index is 12.9. The number of H-pyrrole nitrogens is 1. The van der Waals surface area contributed by atoms with Crippen molar-refractivity contribution in [2.24, 2.45) is 0 Å². The van der Waals surface area contributed by atoms with E-state index < -0.39 is 17.3 Å². The first-order valence-corrected chi connectivity index (χ1v) is 11.6. The highest BCUT2D eigenvalue weighted by Gasteiger charge is 2.31. The molecular formula is C23H27F3N6O3. The lowest BCUT2D eigenvalue weighted by Gasteiger charge is -2.35. The van der Waals surface area contributed by atoms with Gasteiger partial charge in [0.1, 0.15) is 5.69 Å². The Morgan fingerprint density at radius 2 is 1.63 bits per heavy atom. The number of hydrogen-bond donors (Lipinski definition) is 1. The highest BCUT2D eigenvalue weighted by atomic mass is 19.4. The topological polar surface area (TPSA) is 102 Å². The molecule has 2 aliphatic heterocycles. The van der Waals surface area contributed by atoms with Crippen LogP contribution >= 0.6 is 0 Å². The van der Waals surface area contributed by atoms with Crippen LogP contribution in [0.4, 0.5) is 13.2 Å². The van der Waals surface area contributed by atoms with Gasteiger partial charge in [0, 0.05) is 57.7 Å². The molecule has 0 saturated carbocycles. The van der Waals surface area contributed by atoms with E-state index in [1.54, 1.807) is 4.90 Å². The van der Waals surface area contributed by atoms with Crippen LogP contribution in [0.2, 0.25) is 0 Å². The Bertz CT molecular complexity index is 1120. The number of piperazine rings is 1. The third kappa shape index (κ3) is 6.24. The van der Waals surface area contributed by atoms with E-state index in [9.17, 15) is 27.6 Å². The van der Waals surface area contributed by atoms with Gasteiger partial charge in [0.25, 0.3) is 5.56 Å². The van der Waals surface area contributed by atoms with Gasteiger partial charge in [-0.25, -0.2) is 0 Å². The van der Waals surface area contributed by atoms with Gasteiger partial charge >= 0.3 is 6.18 Å². The summed E-state index contributed by atoms with van der Waals surface area (Å²) in [5, 5.41) is 7.70. The number of amides is 2. The van der Waals surface area contributed by atoms with Gasteiger partial charge in [0.15, 0.2) is 5.82 Å². The number of carbonyl (C=O) groups excluding carboxylic acids is 2. The van der Waals surface area contributed by atoms with Crippen LogP contribution in [0.3, 0.4) is 0 Å². The molecule has 2 amide bonds. The summed E-state index contributed by atoms with van der Waals surface area (Å²) in [5.41, 5.74) is -1.31. The molecular weight excluding hydrogens is 465 g/mol. The fourth-order valence-electron chi connectivity index (χ4n) is 4.29. The predicted octanol–water partition coefficient (Wildman–Crippen LogP) is 1.55. The maximum absolute atomic E-state index is 12.9. The number of benzene rings is 1. The number of hydrogen-bond acceptors (Lipinski definition) is 6. The van der Waals surface area contributed by atoms with E-state index in [-0.39, 0.29) is 41.7 Å². The molecule has 0 radical (unpaired) electrons. The van der Waals surface area contributed by atoms with Crippen molar-refractivity contribution in [3.63, 3.8) is 0 Å². The van der Waals surface area contributed by atoms with E-state index in [0.29, 0.717) is 32.7 Å². The minimum Gasteiger partial charge on any atom is -0.342 e. The molecule has 0 aliphatic carbocycles. The molecule has 0 bridgehead atoms. The Morgan fingerprint density at radius 1 is 0.943 bits per heavy atom. The molecule has 4 rings (SSSR count). The molecule has 2 fully saturated rings. The van der Waals surface area contributed by atoms with Crippen LogP contribution in [0.1, 0.15) is 30.5 Å². The molecule has 3 heterocycles. The van der Waals surface area contributed by atoms with Crippen LogP contribution < -0.4 is 5.56 Å². The summed E-state index contributed by atoms with van der Waals surface area (Å²) in [6.07, 6.45) is -2.28. The van der Waals surface area contributed by atoms with Crippen LogP contribution in [0.5, 0.6) is 0 Å². The average molecular weight is 493 g/mol. The van der Waals surface area contributed by atoms with Gasteiger partial charge in [0.2, 0.25) is 11.8 Å². The van der Waals surface area contributed by atoms with Crippen molar-refractivity contribution in [1.29, 1.82) is 0 Å². The Balaban J connectivity index is 1.28. The summed E-state index contributed by atoms with van der Waals surface area (Å²) in [6, 6.07) is 4.45. The summed E-state index contributed by atoms with van der Waals surface area (Å²) in [6.45, 7) is 4.23. The first kappa shape index (κ1) is 24.8. The lowest BCUT2D eigenvalue weighted by atomic mass is 10.1. The zero-order valence-electron chi connectivity index (χ0n) is 19.2. The lowest BCUT2D eigenvalue weighted by molar-refractivity contribution is -0.138. The Kier molecular flexibility index (Phi) is 7.48. The second-order valence-corrected chi connectivity index (χ2v) is 8.77. The number of alkyl halides is 3. The number of rotatable bonds is 6. The molecule has 2 saturated heterocycles. The van der Waals surface area contributed by atoms with Crippen molar-refractivity contribution in [2.45, 2.75) is 31.9 Å². The Labute approximate surface area is 199 Å². The van der Waals surface area contributed by atoms with Gasteiger partial charge in [-0.1, -0.05) is 12.1 Å². The van der Waals surface area contributed by atoms with Crippen LogP contribution in [-0.2, 0) is 22.2 Å². The predicted molar refractivity (Wildman–Crippen MR) is 120 cm³/mol. The Morgan fingerprint density at radius 3 is 2.29 bits per heavy atom. The number of nitrogens with zero attached hydrogens (tertiary/aromatic N) is 5. The lowest BCUT2D eigenvalue weighted by Crippen LogP contribution is -2.51. The van der Waals surface area contributed by atoms with Crippen LogP contribution in [0.15, 0.2) is 29.1 Å². The first-order valence-electron chi connectivity index (χ1n) is 11.6. The quantitative estimate of drug-likeness (QED) is 0.657. The van der Waals surface area contributed by atoms with Crippen molar-refractivity contribution < 1.29 is 22.8 Å². The summed E-state index contributed by atoms with van der Waals surface area (Å²) in [7, 11) is 0. The maximum Gasteiger partial charge on any atom is 0.416 e. The van der Waals surface area contributed by atoms with Gasteiger partial charge < -0.3 is 14.8 Å². The number of halogens is 3. The summed E-state index contributed by atoms with van der Waals surface area (Å²) < 4.78 is 38.8. The molecule has 12 heteroatoms. The molecule has 9 nitrogen and oxygen atoms in total. The zero-order chi connectivity index (χ0) is 25.0. The number of likely N-dealkylation sites (tertiary alicyclic amines) is 1. The molecule has 1 aromatic carbocycles. The van der Waals surface area contributed by atoms with Gasteiger partial charge in [-0.2, -0.15) is 13.2 Å². The van der Waals surface area contributed by atoms with Gasteiger partial charge in [0.05, 0.1) is 12.1 Å². The van der Waals surface area contributed by atoms with Crippen LogP contribution in [0, 0.1) is 0 Å². The van der Waals surface area contributed by atoms with Crippen molar-refractivity contribution >= 4 is 11.8 Å². The van der Waals surface area contributed by atoms with Crippen LogP contribution in [0.25, 0.3) is 11.4 Å². The van der Waals surface area contributed by atoms with E-state index in [1.165, 1.54) is 12.1 Å². The van der Waals surface area contributed by atoms with E-state index in [0.717, 1.165) is 38.1 Å². The van der Waals surface area contributed by atoms with Crippen molar-refractivity contribution in [3.05, 3.63) is 45.9 Å². The fraction of sp³-hybridized carbons (Fsp3) is 0.522. The first-order chi connectivity index (χ1) is 16.7. The monoisotopic (exact) mass is 492 g/mol. The van der Waals surface area contributed by atoms with E-state index in [2.05, 4.69) is 15.2 Å². The van der Waals surface area contributed by atoms with Gasteiger partial charge in [-0.05, 0) is 25.0 Å². The minimum atomic E-state index is -4.51. The fourth-order valence-corrected chi connectivity index (χ4v) is 4.29. The van der Waals surface area contributed by atoms with Crippen molar-refractivity contribution in [1.82, 2.24) is 29.9 Å². The smallest absolute Gasteiger partial charge is 0.342 e. The van der Waals surface area contributed by atoms with Crippen molar-refractivity contribution in [2.75, 3.05) is 45.8 Å². The summed E-state index contributed by atoms with van der Waals surface area (Å²) >= 11 is 0. The molecule has 2 aliphatic rings. The van der Waals surface area contributed by atoms with Gasteiger partial charge in [-0.3, -0.25) is 19.3 Å². The van der Waals surface area contributed by atoms with E-state index in [4.69, 9.17) is 0 Å². The Hall–Kier alpha value is -3.28. The average Bonchev–Trinajstić information content (AvgIpc) is 3.38. The number of aromatic nitrogens is 3.